The minimum Gasteiger partial charge on any atom is -0.0654 e. The smallest absolute Gasteiger partial charge is 0.0320 e. The molecule has 0 unspecified atom stereocenters. The maximum Gasteiger partial charge on any atom is 0.0320 e. The average Bonchev–Trinajstić information content (AvgIpc) is 2.07. The molecule has 0 saturated carbocycles. The first kappa shape index (κ1) is 10.3. The zero-order valence-electron chi connectivity index (χ0n) is 7.11. The van der Waals surface area contributed by atoms with Gasteiger partial charge in [0.15, 0.2) is 0 Å². The van der Waals surface area contributed by atoms with E-state index in [1.165, 1.54) is 24.8 Å². The number of unbranched alkanes of at least 4 members (excludes halogenated alkanes) is 1. The maximum atomic E-state index is 3.49. The number of benzene rings is 1. The van der Waals surface area contributed by atoms with Crippen molar-refractivity contribution >= 4 is 31.9 Å². The Bertz CT molecular complexity index is 256. The number of hydrogen-bond donors (Lipinski definition) is 0. The normalized spacial score (nSPS) is 10.2. The van der Waals surface area contributed by atoms with Crippen LogP contribution < -0.4 is 0 Å². The van der Waals surface area contributed by atoms with E-state index < -0.39 is 0 Å². The standard InChI is InChI=1S/C10H12Br2/c1-2-3-4-8-5-6-9(11)10(12)7-8/h5-7H,2-4H2,1H3. The highest BCUT2D eigenvalue weighted by atomic mass is 79.9. The molecule has 0 aliphatic heterocycles. The van der Waals surface area contributed by atoms with Gasteiger partial charge in [-0.2, -0.15) is 0 Å². The highest BCUT2D eigenvalue weighted by molar-refractivity contribution is 9.13. The fraction of sp³-hybridized carbons (Fsp3) is 0.400. The van der Waals surface area contributed by atoms with Crippen LogP contribution in [-0.4, -0.2) is 0 Å². The van der Waals surface area contributed by atoms with Crippen molar-refractivity contribution in [3.8, 4) is 0 Å². The first-order valence-corrected chi connectivity index (χ1v) is 5.76. The van der Waals surface area contributed by atoms with E-state index in [9.17, 15) is 0 Å². The van der Waals surface area contributed by atoms with E-state index in [0.717, 1.165) is 8.95 Å². The lowest BCUT2D eigenvalue weighted by atomic mass is 10.1. The molecular weight excluding hydrogens is 280 g/mol. The van der Waals surface area contributed by atoms with Crippen molar-refractivity contribution in [1.82, 2.24) is 0 Å². The molecule has 0 N–H and O–H groups in total. The molecule has 0 bridgehead atoms. The first-order valence-electron chi connectivity index (χ1n) is 4.18. The minimum absolute atomic E-state index is 1.13. The van der Waals surface area contributed by atoms with Crippen LogP contribution in [0.1, 0.15) is 25.3 Å². The van der Waals surface area contributed by atoms with Gasteiger partial charge in [0.1, 0.15) is 0 Å². The van der Waals surface area contributed by atoms with Crippen LogP contribution >= 0.6 is 31.9 Å². The van der Waals surface area contributed by atoms with Gasteiger partial charge in [0.2, 0.25) is 0 Å². The summed E-state index contributed by atoms with van der Waals surface area (Å²) < 4.78 is 2.28. The molecule has 0 spiro atoms. The Morgan fingerprint density at radius 2 is 1.92 bits per heavy atom. The molecule has 1 rings (SSSR count). The quantitative estimate of drug-likeness (QED) is 0.766. The first-order chi connectivity index (χ1) is 5.74. The summed E-state index contributed by atoms with van der Waals surface area (Å²) in [6, 6.07) is 6.44. The third kappa shape index (κ3) is 2.91. The summed E-state index contributed by atoms with van der Waals surface area (Å²) in [5.41, 5.74) is 1.41. The van der Waals surface area contributed by atoms with Gasteiger partial charge in [-0.3, -0.25) is 0 Å². The van der Waals surface area contributed by atoms with E-state index >= 15 is 0 Å². The second-order valence-electron chi connectivity index (χ2n) is 2.85. The van der Waals surface area contributed by atoms with Crippen LogP contribution in [0.2, 0.25) is 0 Å². The topological polar surface area (TPSA) is 0 Å². The maximum absolute atomic E-state index is 3.49. The zero-order chi connectivity index (χ0) is 8.97. The summed E-state index contributed by atoms with van der Waals surface area (Å²) in [5, 5.41) is 0. The van der Waals surface area contributed by atoms with Crippen molar-refractivity contribution in [1.29, 1.82) is 0 Å². The lowest BCUT2D eigenvalue weighted by molar-refractivity contribution is 0.794. The van der Waals surface area contributed by atoms with Gasteiger partial charge in [-0.25, -0.2) is 0 Å². The van der Waals surface area contributed by atoms with Crippen LogP contribution in [0.4, 0.5) is 0 Å². The lowest BCUT2D eigenvalue weighted by Crippen LogP contribution is -1.84. The molecule has 0 fully saturated rings. The molecule has 1 aromatic rings. The van der Waals surface area contributed by atoms with Gasteiger partial charge in [0.25, 0.3) is 0 Å². The summed E-state index contributed by atoms with van der Waals surface area (Å²) in [7, 11) is 0. The Balaban J connectivity index is 2.69. The van der Waals surface area contributed by atoms with Crippen molar-refractivity contribution in [2.24, 2.45) is 0 Å². The van der Waals surface area contributed by atoms with Crippen molar-refractivity contribution < 1.29 is 0 Å². The van der Waals surface area contributed by atoms with Gasteiger partial charge in [0, 0.05) is 8.95 Å². The predicted octanol–water partition coefficient (Wildman–Crippen LogP) is 4.55. The summed E-state index contributed by atoms with van der Waals surface area (Å²) in [6.07, 6.45) is 3.71. The molecule has 1 aromatic carbocycles. The lowest BCUT2D eigenvalue weighted by Gasteiger charge is -2.01. The van der Waals surface area contributed by atoms with Crippen molar-refractivity contribution in [2.75, 3.05) is 0 Å². The summed E-state index contributed by atoms with van der Waals surface area (Å²) in [4.78, 5) is 0. The molecule has 12 heavy (non-hydrogen) atoms. The molecule has 66 valence electrons. The molecule has 2 heteroatoms. The van der Waals surface area contributed by atoms with Gasteiger partial charge < -0.3 is 0 Å². The van der Waals surface area contributed by atoms with Gasteiger partial charge in [-0.15, -0.1) is 0 Å². The fourth-order valence-electron chi connectivity index (χ4n) is 1.08. The Kier molecular flexibility index (Phi) is 4.30. The summed E-state index contributed by atoms with van der Waals surface area (Å²) in [5.74, 6) is 0. The van der Waals surface area contributed by atoms with E-state index in [4.69, 9.17) is 0 Å². The van der Waals surface area contributed by atoms with Crippen LogP contribution in [0, 0.1) is 0 Å². The molecule has 0 aliphatic carbocycles. The number of halogens is 2. The van der Waals surface area contributed by atoms with Crippen LogP contribution in [0.15, 0.2) is 27.1 Å². The molecule has 0 nitrogen and oxygen atoms in total. The van der Waals surface area contributed by atoms with Crippen LogP contribution in [0.5, 0.6) is 0 Å². The van der Waals surface area contributed by atoms with E-state index in [2.05, 4.69) is 57.0 Å². The Labute approximate surface area is 90.6 Å². The van der Waals surface area contributed by atoms with Crippen molar-refractivity contribution in [3.05, 3.63) is 32.7 Å². The third-order valence-corrected chi connectivity index (χ3v) is 3.68. The zero-order valence-corrected chi connectivity index (χ0v) is 10.3. The minimum atomic E-state index is 1.13. The van der Waals surface area contributed by atoms with Gasteiger partial charge in [-0.05, 0) is 62.4 Å². The summed E-state index contributed by atoms with van der Waals surface area (Å²) >= 11 is 6.94. The largest absolute Gasteiger partial charge is 0.0654 e. The molecule has 0 heterocycles. The number of aryl methyl sites for hydroxylation is 1. The van der Waals surface area contributed by atoms with Crippen LogP contribution in [0.3, 0.4) is 0 Å². The van der Waals surface area contributed by atoms with E-state index in [1.54, 1.807) is 0 Å². The average molecular weight is 292 g/mol. The third-order valence-electron chi connectivity index (χ3n) is 1.80. The molecular formula is C10H12Br2. The van der Waals surface area contributed by atoms with Crippen molar-refractivity contribution in [2.45, 2.75) is 26.2 Å². The van der Waals surface area contributed by atoms with Gasteiger partial charge >= 0.3 is 0 Å². The van der Waals surface area contributed by atoms with Gasteiger partial charge in [-0.1, -0.05) is 19.4 Å². The SMILES string of the molecule is CCCCc1ccc(Br)c(Br)c1. The number of rotatable bonds is 3. The van der Waals surface area contributed by atoms with Crippen LogP contribution in [0.25, 0.3) is 0 Å². The molecule has 0 aliphatic rings. The molecule has 0 amide bonds. The highest BCUT2D eigenvalue weighted by Gasteiger charge is 1.97. The fourth-order valence-corrected chi connectivity index (χ4v) is 1.75. The second kappa shape index (κ2) is 5.03. The molecule has 0 atom stereocenters. The predicted molar refractivity (Wildman–Crippen MR) is 60.5 cm³/mol. The van der Waals surface area contributed by atoms with E-state index in [-0.39, 0.29) is 0 Å². The van der Waals surface area contributed by atoms with E-state index in [0.29, 0.717) is 0 Å². The van der Waals surface area contributed by atoms with E-state index in [1.807, 2.05) is 0 Å². The Morgan fingerprint density at radius 1 is 1.17 bits per heavy atom. The molecule has 0 saturated heterocycles. The summed E-state index contributed by atoms with van der Waals surface area (Å²) in [6.45, 7) is 2.22. The Morgan fingerprint density at radius 3 is 2.50 bits per heavy atom. The van der Waals surface area contributed by atoms with Crippen LogP contribution in [-0.2, 0) is 6.42 Å². The molecule has 0 radical (unpaired) electrons. The Hall–Kier alpha value is 0.180. The highest BCUT2D eigenvalue weighted by Crippen LogP contribution is 2.24. The molecule has 0 aromatic heterocycles. The number of hydrogen-bond acceptors (Lipinski definition) is 0. The second-order valence-corrected chi connectivity index (χ2v) is 4.56. The van der Waals surface area contributed by atoms with Gasteiger partial charge in [0.05, 0.1) is 0 Å². The monoisotopic (exact) mass is 290 g/mol. The van der Waals surface area contributed by atoms with Crippen molar-refractivity contribution in [3.63, 3.8) is 0 Å².